The van der Waals surface area contributed by atoms with Crippen molar-refractivity contribution in [2.45, 2.75) is 18.2 Å². The first-order chi connectivity index (χ1) is 12.3. The summed E-state index contributed by atoms with van der Waals surface area (Å²) in [6, 6.07) is 12.9. The number of aryl methyl sites for hydroxylation is 1. The van der Waals surface area contributed by atoms with Crippen LogP contribution in [0.3, 0.4) is 0 Å². The number of aromatic amines is 1. The highest BCUT2D eigenvalue weighted by molar-refractivity contribution is 7.89. The molecule has 0 atom stereocenters. The van der Waals surface area contributed by atoms with E-state index in [1.165, 1.54) is 24.0 Å². The number of rotatable bonds is 5. The second-order valence-corrected chi connectivity index (χ2v) is 8.70. The predicted molar refractivity (Wildman–Crippen MR) is 107 cm³/mol. The second kappa shape index (κ2) is 7.23. The standard InChI is InChI=1S/C19H20ClN3O2S/c1-4-13-5-7-14(8-6-13)11-16(20)19-21-17-10-9-15(12-18(17)22-19)26(24,25)23(2)3/h5-12H,4H2,1-3H3,(H,21,22)/b16-11-. The zero-order valence-electron chi connectivity index (χ0n) is 14.8. The Balaban J connectivity index is 1.96. The van der Waals surface area contributed by atoms with Crippen LogP contribution in [0, 0.1) is 0 Å². The van der Waals surface area contributed by atoms with Crippen LogP contribution in [0.15, 0.2) is 47.4 Å². The molecule has 7 heteroatoms. The maximum Gasteiger partial charge on any atom is 0.242 e. The molecular weight excluding hydrogens is 370 g/mol. The summed E-state index contributed by atoms with van der Waals surface area (Å²) in [7, 11) is -0.494. The lowest BCUT2D eigenvalue weighted by molar-refractivity contribution is 0.521. The van der Waals surface area contributed by atoms with E-state index in [4.69, 9.17) is 11.6 Å². The summed E-state index contributed by atoms with van der Waals surface area (Å²) in [5.74, 6) is 0.501. The number of imidazole rings is 1. The van der Waals surface area contributed by atoms with Gasteiger partial charge < -0.3 is 4.98 Å². The number of hydrogen-bond donors (Lipinski definition) is 1. The van der Waals surface area contributed by atoms with Crippen LogP contribution in [0.1, 0.15) is 23.9 Å². The maximum absolute atomic E-state index is 12.3. The molecule has 0 spiro atoms. The fraction of sp³-hybridized carbons (Fsp3) is 0.211. The Bertz CT molecular complexity index is 1070. The molecule has 1 N–H and O–H groups in total. The van der Waals surface area contributed by atoms with Crippen LogP contribution in [0.2, 0.25) is 0 Å². The topological polar surface area (TPSA) is 66.1 Å². The zero-order valence-corrected chi connectivity index (χ0v) is 16.4. The van der Waals surface area contributed by atoms with Crippen LogP contribution in [-0.4, -0.2) is 36.8 Å². The van der Waals surface area contributed by atoms with E-state index in [1.54, 1.807) is 18.2 Å². The van der Waals surface area contributed by atoms with Crippen molar-refractivity contribution in [2.24, 2.45) is 0 Å². The molecule has 0 aliphatic heterocycles. The first kappa shape index (κ1) is 18.6. The van der Waals surface area contributed by atoms with E-state index in [-0.39, 0.29) is 4.90 Å². The monoisotopic (exact) mass is 389 g/mol. The van der Waals surface area contributed by atoms with E-state index < -0.39 is 10.0 Å². The number of hydrogen-bond acceptors (Lipinski definition) is 3. The summed E-state index contributed by atoms with van der Waals surface area (Å²) < 4.78 is 25.7. The molecule has 0 aliphatic carbocycles. The fourth-order valence-electron chi connectivity index (χ4n) is 2.54. The molecule has 3 aromatic rings. The molecule has 0 saturated carbocycles. The van der Waals surface area contributed by atoms with Gasteiger partial charge in [-0.2, -0.15) is 0 Å². The van der Waals surface area contributed by atoms with E-state index >= 15 is 0 Å². The van der Waals surface area contributed by atoms with Gasteiger partial charge in [-0.25, -0.2) is 17.7 Å². The summed E-state index contributed by atoms with van der Waals surface area (Å²) in [5, 5.41) is 0.461. The Morgan fingerprint density at radius 2 is 1.88 bits per heavy atom. The Morgan fingerprint density at radius 1 is 1.19 bits per heavy atom. The van der Waals surface area contributed by atoms with Crippen LogP contribution in [0.25, 0.3) is 22.1 Å². The Labute approximate surface area is 158 Å². The van der Waals surface area contributed by atoms with E-state index in [0.29, 0.717) is 21.9 Å². The number of H-pyrrole nitrogens is 1. The van der Waals surface area contributed by atoms with Crippen molar-refractivity contribution < 1.29 is 8.42 Å². The van der Waals surface area contributed by atoms with Crippen molar-refractivity contribution in [1.82, 2.24) is 14.3 Å². The number of fused-ring (bicyclic) bond motifs is 1. The Hall–Kier alpha value is -2.15. The Morgan fingerprint density at radius 3 is 2.50 bits per heavy atom. The van der Waals surface area contributed by atoms with Crippen molar-refractivity contribution in [3.05, 3.63) is 59.4 Å². The lowest BCUT2D eigenvalue weighted by Crippen LogP contribution is -2.22. The molecular formula is C19H20ClN3O2S. The molecule has 3 rings (SSSR count). The minimum atomic E-state index is -3.50. The molecule has 2 aromatic carbocycles. The van der Waals surface area contributed by atoms with Crippen LogP contribution in [0.4, 0.5) is 0 Å². The molecule has 0 saturated heterocycles. The van der Waals surface area contributed by atoms with Gasteiger partial charge in [0.2, 0.25) is 10.0 Å². The van der Waals surface area contributed by atoms with Crippen molar-refractivity contribution in [3.8, 4) is 0 Å². The summed E-state index contributed by atoms with van der Waals surface area (Å²) in [4.78, 5) is 7.75. The maximum atomic E-state index is 12.3. The van der Waals surface area contributed by atoms with Crippen molar-refractivity contribution in [3.63, 3.8) is 0 Å². The van der Waals surface area contributed by atoms with Gasteiger partial charge in [0.15, 0.2) is 0 Å². The third-order valence-electron chi connectivity index (χ3n) is 4.14. The van der Waals surface area contributed by atoms with Gasteiger partial charge in [-0.3, -0.25) is 0 Å². The molecule has 0 unspecified atom stereocenters. The molecule has 5 nitrogen and oxygen atoms in total. The molecule has 26 heavy (non-hydrogen) atoms. The Kier molecular flexibility index (Phi) is 5.18. The molecule has 136 valence electrons. The molecule has 0 radical (unpaired) electrons. The zero-order chi connectivity index (χ0) is 18.9. The first-order valence-corrected chi connectivity index (χ1v) is 10.0. The van der Waals surface area contributed by atoms with Crippen molar-refractivity contribution >= 4 is 43.8 Å². The van der Waals surface area contributed by atoms with Crippen LogP contribution in [-0.2, 0) is 16.4 Å². The smallest absolute Gasteiger partial charge is 0.242 e. The van der Waals surface area contributed by atoms with Gasteiger partial charge in [-0.05, 0) is 41.8 Å². The van der Waals surface area contributed by atoms with Gasteiger partial charge in [0.1, 0.15) is 5.82 Å². The summed E-state index contributed by atoms with van der Waals surface area (Å²) in [6.07, 6.45) is 2.82. The summed E-state index contributed by atoms with van der Waals surface area (Å²) >= 11 is 6.41. The molecule has 0 fully saturated rings. The number of sulfonamides is 1. The SMILES string of the molecule is CCc1ccc(/C=C(\Cl)c2nc3ccc(S(=O)(=O)N(C)C)cc3[nH]2)cc1. The van der Waals surface area contributed by atoms with Gasteiger partial charge in [-0.15, -0.1) is 0 Å². The third-order valence-corrected chi connectivity index (χ3v) is 6.24. The highest BCUT2D eigenvalue weighted by Gasteiger charge is 2.18. The van der Waals surface area contributed by atoms with E-state index in [0.717, 1.165) is 12.0 Å². The third kappa shape index (κ3) is 3.67. The predicted octanol–water partition coefficient (Wildman–Crippen LogP) is 4.11. The molecule has 0 aliphatic rings. The summed E-state index contributed by atoms with van der Waals surface area (Å²) in [5.41, 5.74) is 3.52. The summed E-state index contributed by atoms with van der Waals surface area (Å²) in [6.45, 7) is 2.11. The second-order valence-electron chi connectivity index (χ2n) is 6.14. The van der Waals surface area contributed by atoms with Crippen LogP contribution in [0.5, 0.6) is 0 Å². The van der Waals surface area contributed by atoms with Gasteiger partial charge in [-0.1, -0.05) is 42.8 Å². The molecule has 1 aromatic heterocycles. The minimum Gasteiger partial charge on any atom is -0.337 e. The number of nitrogens with zero attached hydrogens (tertiary/aromatic N) is 2. The van der Waals surface area contributed by atoms with Gasteiger partial charge in [0, 0.05) is 14.1 Å². The van der Waals surface area contributed by atoms with Gasteiger partial charge in [0.25, 0.3) is 0 Å². The largest absolute Gasteiger partial charge is 0.337 e. The fourth-order valence-corrected chi connectivity index (χ4v) is 3.68. The van der Waals surface area contributed by atoms with Crippen molar-refractivity contribution in [2.75, 3.05) is 14.1 Å². The lowest BCUT2D eigenvalue weighted by Gasteiger charge is -2.10. The quantitative estimate of drug-likeness (QED) is 0.714. The first-order valence-electron chi connectivity index (χ1n) is 8.20. The van der Waals surface area contributed by atoms with E-state index in [2.05, 4.69) is 29.0 Å². The number of nitrogens with one attached hydrogen (secondary N) is 1. The average molecular weight is 390 g/mol. The normalized spacial score (nSPS) is 12.9. The number of aromatic nitrogens is 2. The van der Waals surface area contributed by atoms with E-state index in [1.807, 2.05) is 18.2 Å². The minimum absolute atomic E-state index is 0.209. The molecule has 1 heterocycles. The highest BCUT2D eigenvalue weighted by atomic mass is 35.5. The molecule has 0 amide bonds. The average Bonchev–Trinajstić information content (AvgIpc) is 3.05. The van der Waals surface area contributed by atoms with E-state index in [9.17, 15) is 8.42 Å². The van der Waals surface area contributed by atoms with Crippen LogP contribution < -0.4 is 0 Å². The lowest BCUT2D eigenvalue weighted by atomic mass is 10.1. The van der Waals surface area contributed by atoms with Crippen LogP contribution >= 0.6 is 11.6 Å². The number of halogens is 1. The number of benzene rings is 2. The molecule has 0 bridgehead atoms. The van der Waals surface area contributed by atoms with Gasteiger partial charge in [0.05, 0.1) is 21.0 Å². The van der Waals surface area contributed by atoms with Crippen molar-refractivity contribution in [1.29, 1.82) is 0 Å². The van der Waals surface area contributed by atoms with Gasteiger partial charge >= 0.3 is 0 Å². The highest BCUT2D eigenvalue weighted by Crippen LogP contribution is 2.25.